The zero-order valence-corrected chi connectivity index (χ0v) is 18.4. The average Bonchev–Trinajstić information content (AvgIpc) is 3.44. The first kappa shape index (κ1) is 21.1. The fourth-order valence-electron chi connectivity index (χ4n) is 3.13. The molecule has 0 radical (unpaired) electrons. The average molecular weight is 463 g/mol. The zero-order valence-electron chi connectivity index (χ0n) is 16.1. The van der Waals surface area contributed by atoms with E-state index in [4.69, 9.17) is 32.7 Å². The molecular formula is C22H20Cl2N2O3S. The fourth-order valence-corrected chi connectivity index (χ4v) is 4.39. The van der Waals surface area contributed by atoms with Gasteiger partial charge >= 0.3 is 0 Å². The van der Waals surface area contributed by atoms with Crippen molar-refractivity contribution >= 4 is 40.4 Å². The number of aromatic nitrogens is 1. The SMILES string of the molecule is O=C(NCC1CCCO1)c1csc(-c2cccc(OCc3ccc(Cl)cc3Cl)c2)n1. The molecule has 1 unspecified atom stereocenters. The normalized spacial score (nSPS) is 15.9. The molecule has 8 heteroatoms. The van der Waals surface area contributed by atoms with Crippen LogP contribution in [0, 0.1) is 0 Å². The van der Waals surface area contributed by atoms with Crippen molar-refractivity contribution < 1.29 is 14.3 Å². The predicted molar refractivity (Wildman–Crippen MR) is 120 cm³/mol. The van der Waals surface area contributed by atoms with E-state index in [-0.39, 0.29) is 12.0 Å². The Hall–Kier alpha value is -2.12. The van der Waals surface area contributed by atoms with Gasteiger partial charge in [-0.3, -0.25) is 4.79 Å². The van der Waals surface area contributed by atoms with Crippen LogP contribution in [0.5, 0.6) is 5.75 Å². The van der Waals surface area contributed by atoms with Crippen LogP contribution in [-0.4, -0.2) is 30.1 Å². The van der Waals surface area contributed by atoms with Crippen molar-refractivity contribution in [1.82, 2.24) is 10.3 Å². The van der Waals surface area contributed by atoms with E-state index in [2.05, 4.69) is 10.3 Å². The lowest BCUT2D eigenvalue weighted by Gasteiger charge is -2.09. The van der Waals surface area contributed by atoms with Crippen molar-refractivity contribution in [2.75, 3.05) is 13.2 Å². The summed E-state index contributed by atoms with van der Waals surface area (Å²) in [6, 6.07) is 12.9. The number of nitrogens with one attached hydrogen (secondary N) is 1. The highest BCUT2D eigenvalue weighted by atomic mass is 35.5. The highest BCUT2D eigenvalue weighted by Crippen LogP contribution is 2.28. The van der Waals surface area contributed by atoms with E-state index in [0.717, 1.165) is 35.6 Å². The number of ether oxygens (including phenoxy) is 2. The van der Waals surface area contributed by atoms with Gasteiger partial charge in [0.05, 0.1) is 6.10 Å². The van der Waals surface area contributed by atoms with Crippen LogP contribution in [0.25, 0.3) is 10.6 Å². The Morgan fingerprint density at radius 1 is 1.27 bits per heavy atom. The molecule has 30 heavy (non-hydrogen) atoms. The highest BCUT2D eigenvalue weighted by Gasteiger charge is 2.18. The van der Waals surface area contributed by atoms with Gasteiger partial charge in [-0.2, -0.15) is 0 Å². The first-order valence-corrected chi connectivity index (χ1v) is 11.2. The summed E-state index contributed by atoms with van der Waals surface area (Å²) in [7, 11) is 0. The molecule has 2 heterocycles. The Labute approximate surface area is 188 Å². The summed E-state index contributed by atoms with van der Waals surface area (Å²) < 4.78 is 11.4. The number of halogens is 2. The maximum Gasteiger partial charge on any atom is 0.270 e. The Morgan fingerprint density at radius 3 is 2.97 bits per heavy atom. The quantitative estimate of drug-likeness (QED) is 0.495. The summed E-state index contributed by atoms with van der Waals surface area (Å²) in [5.41, 5.74) is 2.15. The predicted octanol–water partition coefficient (Wildman–Crippen LogP) is 5.60. The number of amides is 1. The van der Waals surface area contributed by atoms with Crippen LogP contribution in [-0.2, 0) is 11.3 Å². The molecule has 0 aliphatic carbocycles. The molecule has 0 saturated carbocycles. The van der Waals surface area contributed by atoms with Gasteiger partial charge in [-0.05, 0) is 37.1 Å². The number of rotatable bonds is 7. The van der Waals surface area contributed by atoms with Crippen molar-refractivity contribution in [3.05, 3.63) is 69.1 Å². The minimum atomic E-state index is -0.183. The van der Waals surface area contributed by atoms with Gasteiger partial charge in [0.15, 0.2) is 0 Å². The molecule has 2 aromatic carbocycles. The topological polar surface area (TPSA) is 60.5 Å². The van der Waals surface area contributed by atoms with Crippen LogP contribution in [0.2, 0.25) is 10.0 Å². The summed E-state index contributed by atoms with van der Waals surface area (Å²) in [6.07, 6.45) is 2.13. The van der Waals surface area contributed by atoms with Crippen molar-refractivity contribution in [2.45, 2.75) is 25.6 Å². The van der Waals surface area contributed by atoms with Crippen molar-refractivity contribution in [1.29, 1.82) is 0 Å². The number of nitrogens with zero attached hydrogens (tertiary/aromatic N) is 1. The number of carbonyl (C=O) groups excluding carboxylic acids is 1. The molecule has 1 aliphatic rings. The Bertz CT molecular complexity index is 1030. The minimum absolute atomic E-state index is 0.107. The first-order chi connectivity index (χ1) is 14.6. The molecule has 1 N–H and O–H groups in total. The largest absolute Gasteiger partial charge is 0.489 e. The van der Waals surface area contributed by atoms with E-state index in [1.54, 1.807) is 17.5 Å². The van der Waals surface area contributed by atoms with E-state index in [9.17, 15) is 4.79 Å². The van der Waals surface area contributed by atoms with E-state index >= 15 is 0 Å². The van der Waals surface area contributed by atoms with E-state index in [1.807, 2.05) is 30.3 Å². The van der Waals surface area contributed by atoms with E-state index < -0.39 is 0 Å². The van der Waals surface area contributed by atoms with Gasteiger partial charge in [-0.15, -0.1) is 11.3 Å². The van der Waals surface area contributed by atoms with Crippen LogP contribution in [0.3, 0.4) is 0 Å². The lowest BCUT2D eigenvalue weighted by molar-refractivity contribution is 0.0854. The lowest BCUT2D eigenvalue weighted by atomic mass is 10.2. The second-order valence-corrected chi connectivity index (χ2v) is 8.64. The summed E-state index contributed by atoms with van der Waals surface area (Å²) in [4.78, 5) is 16.8. The standard InChI is InChI=1S/C22H20Cl2N2O3S/c23-16-7-6-15(19(24)10-16)12-29-17-4-1-3-14(9-17)22-26-20(13-30-22)21(27)25-11-18-5-2-8-28-18/h1,3-4,6-7,9-10,13,18H,2,5,8,11-12H2,(H,25,27). The van der Waals surface area contributed by atoms with Crippen molar-refractivity contribution in [3.8, 4) is 16.3 Å². The summed E-state index contributed by atoms with van der Waals surface area (Å²) in [5.74, 6) is 0.510. The maximum atomic E-state index is 12.4. The summed E-state index contributed by atoms with van der Waals surface area (Å²) in [6.45, 7) is 1.61. The van der Waals surface area contributed by atoms with E-state index in [0.29, 0.717) is 34.6 Å². The minimum Gasteiger partial charge on any atom is -0.489 e. The number of thiazole rings is 1. The number of carbonyl (C=O) groups is 1. The van der Waals surface area contributed by atoms with Crippen LogP contribution in [0.15, 0.2) is 47.8 Å². The van der Waals surface area contributed by atoms with Crippen molar-refractivity contribution in [2.24, 2.45) is 0 Å². The molecule has 1 aliphatic heterocycles. The molecular weight excluding hydrogens is 443 g/mol. The molecule has 0 bridgehead atoms. The second kappa shape index (κ2) is 9.79. The summed E-state index contributed by atoms with van der Waals surface area (Å²) in [5, 5.41) is 6.58. The molecule has 156 valence electrons. The molecule has 1 amide bonds. The third-order valence-corrected chi connectivity index (χ3v) is 6.22. The fraction of sp³-hybridized carbons (Fsp3) is 0.273. The number of benzene rings is 2. The van der Waals surface area contributed by atoms with Gasteiger partial charge in [0.1, 0.15) is 23.1 Å². The summed E-state index contributed by atoms with van der Waals surface area (Å²) >= 11 is 13.6. The van der Waals surface area contributed by atoms with Crippen LogP contribution >= 0.6 is 34.5 Å². The molecule has 1 atom stereocenters. The molecule has 4 rings (SSSR count). The van der Waals surface area contributed by atoms with Gasteiger partial charge in [-0.1, -0.05) is 41.4 Å². The van der Waals surface area contributed by atoms with Gasteiger partial charge in [0, 0.05) is 39.7 Å². The van der Waals surface area contributed by atoms with Crippen LogP contribution < -0.4 is 10.1 Å². The maximum absolute atomic E-state index is 12.4. The van der Waals surface area contributed by atoms with E-state index in [1.165, 1.54) is 11.3 Å². The van der Waals surface area contributed by atoms with Crippen LogP contribution in [0.1, 0.15) is 28.9 Å². The molecule has 0 spiro atoms. The molecule has 5 nitrogen and oxygen atoms in total. The Balaban J connectivity index is 1.39. The number of hydrogen-bond donors (Lipinski definition) is 1. The Morgan fingerprint density at radius 2 is 2.17 bits per heavy atom. The monoisotopic (exact) mass is 462 g/mol. The third kappa shape index (κ3) is 5.32. The molecule has 1 saturated heterocycles. The molecule has 1 aromatic heterocycles. The number of hydrogen-bond acceptors (Lipinski definition) is 5. The highest BCUT2D eigenvalue weighted by molar-refractivity contribution is 7.13. The molecule has 3 aromatic rings. The lowest BCUT2D eigenvalue weighted by Crippen LogP contribution is -2.31. The smallest absolute Gasteiger partial charge is 0.270 e. The molecule has 1 fully saturated rings. The zero-order chi connectivity index (χ0) is 20.9. The first-order valence-electron chi connectivity index (χ1n) is 9.61. The second-order valence-electron chi connectivity index (χ2n) is 6.94. The van der Waals surface area contributed by atoms with Gasteiger partial charge in [-0.25, -0.2) is 4.98 Å². The van der Waals surface area contributed by atoms with Gasteiger partial charge in [0.25, 0.3) is 5.91 Å². The van der Waals surface area contributed by atoms with Gasteiger partial charge < -0.3 is 14.8 Å². The Kier molecular flexibility index (Phi) is 6.89. The third-order valence-electron chi connectivity index (χ3n) is 4.74. The van der Waals surface area contributed by atoms with Crippen LogP contribution in [0.4, 0.5) is 0 Å². The van der Waals surface area contributed by atoms with Gasteiger partial charge in [0.2, 0.25) is 0 Å². The van der Waals surface area contributed by atoms with Crippen molar-refractivity contribution in [3.63, 3.8) is 0 Å².